The molecule has 0 bridgehead atoms. The fraction of sp³-hybridized carbons (Fsp3) is 0.214. The van der Waals surface area contributed by atoms with Crippen LogP contribution in [-0.2, 0) is 13.0 Å². The van der Waals surface area contributed by atoms with E-state index in [4.69, 9.17) is 33.7 Å². The van der Waals surface area contributed by atoms with Crippen molar-refractivity contribution >= 4 is 39.1 Å². The molecule has 3 nitrogen and oxygen atoms in total. The van der Waals surface area contributed by atoms with Crippen LogP contribution in [0.4, 0.5) is 0 Å². The first-order valence-corrected chi connectivity index (χ1v) is 7.55. The van der Waals surface area contributed by atoms with Crippen molar-refractivity contribution in [3.63, 3.8) is 0 Å². The Bertz CT molecular complexity index is 608. The van der Waals surface area contributed by atoms with Gasteiger partial charge in [0.1, 0.15) is 12.4 Å². The molecular formula is C14H13BrCl2N2O. The van der Waals surface area contributed by atoms with Crippen LogP contribution in [0.15, 0.2) is 35.1 Å². The molecule has 2 N–H and O–H groups in total. The maximum Gasteiger partial charge on any atom is 0.141 e. The molecule has 6 heteroatoms. The monoisotopic (exact) mass is 374 g/mol. The summed E-state index contributed by atoms with van der Waals surface area (Å²) < 4.78 is 6.72. The van der Waals surface area contributed by atoms with E-state index in [1.807, 2.05) is 12.1 Å². The predicted molar refractivity (Wildman–Crippen MR) is 85.5 cm³/mol. The highest BCUT2D eigenvalue weighted by Crippen LogP contribution is 2.33. The Balaban J connectivity index is 2.20. The number of ether oxygens (including phenoxy) is 1. The molecule has 0 saturated carbocycles. The number of nitrogens with zero attached hydrogens (tertiary/aromatic N) is 1. The van der Waals surface area contributed by atoms with Gasteiger partial charge in [0, 0.05) is 27.5 Å². The Hall–Kier alpha value is -0.810. The Labute approximate surface area is 136 Å². The molecule has 0 radical (unpaired) electrons. The quantitative estimate of drug-likeness (QED) is 0.850. The van der Waals surface area contributed by atoms with Crippen LogP contribution >= 0.6 is 39.1 Å². The number of hydrogen-bond acceptors (Lipinski definition) is 3. The number of aromatic nitrogens is 1. The molecule has 0 saturated heterocycles. The molecule has 1 aromatic heterocycles. The average molecular weight is 376 g/mol. The van der Waals surface area contributed by atoms with E-state index in [1.165, 1.54) is 0 Å². The van der Waals surface area contributed by atoms with Crippen LogP contribution in [0.1, 0.15) is 11.1 Å². The van der Waals surface area contributed by atoms with Gasteiger partial charge in [-0.15, -0.1) is 0 Å². The minimum Gasteiger partial charge on any atom is -0.487 e. The lowest BCUT2D eigenvalue weighted by Gasteiger charge is -2.13. The highest BCUT2D eigenvalue weighted by molar-refractivity contribution is 9.10. The molecule has 0 aliphatic rings. The van der Waals surface area contributed by atoms with Gasteiger partial charge >= 0.3 is 0 Å². The molecule has 106 valence electrons. The third kappa shape index (κ3) is 4.09. The van der Waals surface area contributed by atoms with Crippen molar-refractivity contribution in [2.75, 3.05) is 6.54 Å². The molecule has 0 aliphatic heterocycles. The van der Waals surface area contributed by atoms with Crippen molar-refractivity contribution in [1.82, 2.24) is 4.98 Å². The van der Waals surface area contributed by atoms with Crippen LogP contribution in [0, 0.1) is 0 Å². The van der Waals surface area contributed by atoms with E-state index >= 15 is 0 Å². The molecule has 0 unspecified atom stereocenters. The van der Waals surface area contributed by atoms with Crippen molar-refractivity contribution in [3.05, 3.63) is 56.2 Å². The zero-order valence-electron chi connectivity index (χ0n) is 10.6. The van der Waals surface area contributed by atoms with Gasteiger partial charge in [-0.3, -0.25) is 4.98 Å². The Morgan fingerprint density at radius 3 is 2.70 bits per heavy atom. The lowest BCUT2D eigenvalue weighted by molar-refractivity contribution is 0.302. The van der Waals surface area contributed by atoms with Gasteiger partial charge in [-0.2, -0.15) is 0 Å². The second-order valence-corrected chi connectivity index (χ2v) is 5.97. The van der Waals surface area contributed by atoms with Crippen LogP contribution in [0.5, 0.6) is 5.75 Å². The smallest absolute Gasteiger partial charge is 0.141 e. The minimum absolute atomic E-state index is 0.380. The van der Waals surface area contributed by atoms with Crippen molar-refractivity contribution in [1.29, 1.82) is 0 Å². The summed E-state index contributed by atoms with van der Waals surface area (Å²) in [6.45, 7) is 0.886. The van der Waals surface area contributed by atoms with Crippen LogP contribution in [0.2, 0.25) is 10.0 Å². The second-order valence-electron chi connectivity index (χ2n) is 4.21. The first kappa shape index (κ1) is 15.6. The Morgan fingerprint density at radius 1 is 1.20 bits per heavy atom. The standard InChI is InChI=1S/C14H13BrCl2N2O/c15-11-3-9(6-19-7-11)8-20-14-10(1-2-18)4-12(16)5-13(14)17/h3-7H,1-2,8,18H2. The normalized spacial score (nSPS) is 10.6. The number of nitrogens with two attached hydrogens (primary N) is 1. The summed E-state index contributed by atoms with van der Waals surface area (Å²) in [5.74, 6) is 0.626. The lowest BCUT2D eigenvalue weighted by atomic mass is 10.1. The second kappa shape index (κ2) is 7.27. The van der Waals surface area contributed by atoms with Gasteiger partial charge in [-0.1, -0.05) is 23.2 Å². The van der Waals surface area contributed by atoms with Crippen LogP contribution in [0.3, 0.4) is 0 Å². The number of benzene rings is 1. The van der Waals surface area contributed by atoms with Crippen LogP contribution < -0.4 is 10.5 Å². The molecule has 0 fully saturated rings. The third-order valence-corrected chi connectivity index (χ3v) is 3.58. The molecule has 0 atom stereocenters. The van der Waals surface area contributed by atoms with E-state index in [0.717, 1.165) is 15.6 Å². The SMILES string of the molecule is NCCc1cc(Cl)cc(Cl)c1OCc1cncc(Br)c1. The molecule has 1 aromatic carbocycles. The molecule has 1 heterocycles. The fourth-order valence-electron chi connectivity index (χ4n) is 1.81. The van der Waals surface area contributed by atoms with E-state index in [0.29, 0.717) is 35.4 Å². The predicted octanol–water partition coefficient (Wildman–Crippen LogP) is 4.23. The topological polar surface area (TPSA) is 48.1 Å². The summed E-state index contributed by atoms with van der Waals surface area (Å²) in [6.07, 6.45) is 4.13. The van der Waals surface area contributed by atoms with Gasteiger partial charge < -0.3 is 10.5 Å². The maximum atomic E-state index is 6.19. The van der Waals surface area contributed by atoms with E-state index in [1.54, 1.807) is 18.5 Å². The van der Waals surface area contributed by atoms with Gasteiger partial charge in [0.15, 0.2) is 0 Å². The van der Waals surface area contributed by atoms with Crippen molar-refractivity contribution in [2.45, 2.75) is 13.0 Å². The van der Waals surface area contributed by atoms with E-state index in [9.17, 15) is 0 Å². The van der Waals surface area contributed by atoms with E-state index in [-0.39, 0.29) is 0 Å². The molecule has 0 aliphatic carbocycles. The minimum atomic E-state index is 0.380. The van der Waals surface area contributed by atoms with Crippen molar-refractivity contribution in [3.8, 4) is 5.75 Å². The molecule has 2 aromatic rings. The third-order valence-electron chi connectivity index (χ3n) is 2.64. The molecule has 20 heavy (non-hydrogen) atoms. The molecule has 0 spiro atoms. The maximum absolute atomic E-state index is 6.19. The van der Waals surface area contributed by atoms with Gasteiger partial charge in [0.2, 0.25) is 0 Å². The lowest BCUT2D eigenvalue weighted by Crippen LogP contribution is -2.06. The van der Waals surface area contributed by atoms with Gasteiger partial charge in [0.05, 0.1) is 5.02 Å². The average Bonchev–Trinajstić information content (AvgIpc) is 2.38. The Kier molecular flexibility index (Phi) is 5.66. The number of pyridine rings is 1. The summed E-state index contributed by atoms with van der Waals surface area (Å²) in [4.78, 5) is 4.09. The van der Waals surface area contributed by atoms with E-state index in [2.05, 4.69) is 20.9 Å². The summed E-state index contributed by atoms with van der Waals surface area (Å²) >= 11 is 15.6. The van der Waals surface area contributed by atoms with Gasteiger partial charge in [-0.25, -0.2) is 0 Å². The van der Waals surface area contributed by atoms with Gasteiger partial charge in [-0.05, 0) is 52.7 Å². The fourth-order valence-corrected chi connectivity index (χ4v) is 2.81. The number of hydrogen-bond donors (Lipinski definition) is 1. The first-order valence-electron chi connectivity index (χ1n) is 6.00. The van der Waals surface area contributed by atoms with Gasteiger partial charge in [0.25, 0.3) is 0 Å². The number of rotatable bonds is 5. The molecular weight excluding hydrogens is 363 g/mol. The largest absolute Gasteiger partial charge is 0.487 e. The number of halogens is 3. The zero-order valence-corrected chi connectivity index (χ0v) is 13.7. The summed E-state index contributed by atoms with van der Waals surface area (Å²) in [6, 6.07) is 5.44. The van der Waals surface area contributed by atoms with Crippen molar-refractivity contribution in [2.24, 2.45) is 5.73 Å². The highest BCUT2D eigenvalue weighted by Gasteiger charge is 2.11. The van der Waals surface area contributed by atoms with Crippen LogP contribution in [0.25, 0.3) is 0 Å². The van der Waals surface area contributed by atoms with Crippen LogP contribution in [-0.4, -0.2) is 11.5 Å². The van der Waals surface area contributed by atoms with Crippen molar-refractivity contribution < 1.29 is 4.74 Å². The Morgan fingerprint density at radius 2 is 2.00 bits per heavy atom. The molecule has 0 amide bonds. The highest BCUT2D eigenvalue weighted by atomic mass is 79.9. The zero-order chi connectivity index (χ0) is 14.5. The first-order chi connectivity index (χ1) is 9.60. The summed E-state index contributed by atoms with van der Waals surface area (Å²) in [5, 5.41) is 1.07. The van der Waals surface area contributed by atoms with E-state index < -0.39 is 0 Å². The molecule has 2 rings (SSSR count). The summed E-state index contributed by atoms with van der Waals surface area (Å²) in [7, 11) is 0. The summed E-state index contributed by atoms with van der Waals surface area (Å²) in [5.41, 5.74) is 7.46.